The number of nitrogens with one attached hydrogen (secondary N) is 1. The Kier molecular flexibility index (Phi) is 5.79. The van der Waals surface area contributed by atoms with Crippen LogP contribution in [0.5, 0.6) is 0 Å². The first-order chi connectivity index (χ1) is 15.4. The average Bonchev–Trinajstić information content (AvgIpc) is 3.11. The highest BCUT2D eigenvalue weighted by Gasteiger charge is 2.37. The number of anilines is 1. The number of hydrogen-bond donors (Lipinski definition) is 1. The molecule has 0 radical (unpaired) electrons. The molecule has 2 amide bonds. The lowest BCUT2D eigenvalue weighted by Crippen LogP contribution is -2.59. The summed E-state index contributed by atoms with van der Waals surface area (Å²) in [5.41, 5.74) is 0.345. The fourth-order valence-electron chi connectivity index (χ4n) is 4.58. The van der Waals surface area contributed by atoms with E-state index in [-0.39, 0.29) is 18.4 Å². The van der Waals surface area contributed by atoms with E-state index in [1.807, 2.05) is 19.1 Å². The highest BCUT2D eigenvalue weighted by Crippen LogP contribution is 2.35. The van der Waals surface area contributed by atoms with Crippen molar-refractivity contribution in [3.8, 4) is 0 Å². The van der Waals surface area contributed by atoms with Crippen molar-refractivity contribution in [3.05, 3.63) is 47.2 Å². The lowest BCUT2D eigenvalue weighted by molar-refractivity contribution is -0.148. The highest BCUT2D eigenvalue weighted by atomic mass is 19.4. The molecule has 33 heavy (non-hydrogen) atoms. The zero-order valence-corrected chi connectivity index (χ0v) is 18.4. The molecule has 0 aromatic carbocycles. The van der Waals surface area contributed by atoms with Crippen LogP contribution in [-0.4, -0.2) is 58.7 Å². The van der Waals surface area contributed by atoms with Crippen molar-refractivity contribution in [1.29, 1.82) is 0 Å². The number of allylic oxidation sites excluding steroid dienone is 2. The van der Waals surface area contributed by atoms with Gasteiger partial charge in [0.05, 0.1) is 11.1 Å². The Balaban J connectivity index is 1.37. The number of piperazine rings is 1. The van der Waals surface area contributed by atoms with E-state index in [4.69, 9.17) is 0 Å². The summed E-state index contributed by atoms with van der Waals surface area (Å²) in [4.78, 5) is 44.5. The van der Waals surface area contributed by atoms with Crippen molar-refractivity contribution in [2.24, 2.45) is 0 Å². The minimum atomic E-state index is -4.45. The predicted octanol–water partition coefficient (Wildman–Crippen LogP) is 2.63. The van der Waals surface area contributed by atoms with Gasteiger partial charge in [-0.2, -0.15) is 13.2 Å². The molecule has 2 heterocycles. The van der Waals surface area contributed by atoms with Crippen molar-refractivity contribution >= 4 is 23.4 Å². The smallest absolute Gasteiger partial charge is 0.353 e. The molecular formula is C23H25F3N4O3. The number of halogens is 3. The number of ketones is 1. The maximum Gasteiger partial charge on any atom is 0.417 e. The van der Waals surface area contributed by atoms with Crippen LogP contribution in [0.1, 0.15) is 38.7 Å². The first kappa shape index (κ1) is 23.0. The number of rotatable bonds is 2. The van der Waals surface area contributed by atoms with Gasteiger partial charge in [-0.15, -0.1) is 0 Å². The lowest BCUT2D eigenvalue weighted by Gasteiger charge is -2.40. The number of Topliss-reactive ketones (excluding diaryl/α,β-unsaturated/α-hetero) is 1. The maximum atomic E-state index is 12.9. The maximum absolute atomic E-state index is 12.9. The predicted molar refractivity (Wildman–Crippen MR) is 114 cm³/mol. The molecule has 0 spiro atoms. The number of pyridine rings is 1. The zero-order valence-electron chi connectivity index (χ0n) is 18.4. The molecular weight excluding hydrogens is 437 g/mol. The van der Waals surface area contributed by atoms with E-state index >= 15 is 0 Å². The molecule has 2 fully saturated rings. The van der Waals surface area contributed by atoms with Crippen LogP contribution in [0.3, 0.4) is 0 Å². The van der Waals surface area contributed by atoms with E-state index in [1.54, 1.807) is 11.8 Å². The molecule has 0 bridgehead atoms. The van der Waals surface area contributed by atoms with Gasteiger partial charge in [0.15, 0.2) is 0 Å². The number of hydrogen-bond acceptors (Lipinski definition) is 5. The number of aromatic nitrogens is 1. The molecule has 4 rings (SSSR count). The first-order valence-corrected chi connectivity index (χ1v) is 10.8. The van der Waals surface area contributed by atoms with Crippen molar-refractivity contribution in [2.45, 2.75) is 50.9 Å². The number of alkyl halides is 3. The van der Waals surface area contributed by atoms with E-state index in [0.29, 0.717) is 38.2 Å². The second-order valence-electron chi connectivity index (χ2n) is 9.06. The number of carbonyl (C=O) groups is 3. The Labute approximate surface area is 189 Å². The number of nitrogens with zero attached hydrogens (tertiary/aromatic N) is 3. The summed E-state index contributed by atoms with van der Waals surface area (Å²) in [5.74, 6) is -0.835. The number of amides is 2. The molecule has 1 N–H and O–H groups in total. The second-order valence-corrected chi connectivity index (χ2v) is 9.06. The van der Waals surface area contributed by atoms with Crippen LogP contribution in [0, 0.1) is 0 Å². The molecule has 2 aliphatic carbocycles. The van der Waals surface area contributed by atoms with E-state index in [9.17, 15) is 27.6 Å². The molecule has 1 saturated carbocycles. The summed E-state index contributed by atoms with van der Waals surface area (Å²) in [6.07, 6.45) is 1.43. The Morgan fingerprint density at radius 3 is 2.55 bits per heavy atom. The Hall–Kier alpha value is -3.17. The van der Waals surface area contributed by atoms with Crippen molar-refractivity contribution in [1.82, 2.24) is 15.2 Å². The van der Waals surface area contributed by atoms with E-state index in [0.717, 1.165) is 23.4 Å². The van der Waals surface area contributed by atoms with Crippen LogP contribution in [0.15, 0.2) is 41.6 Å². The van der Waals surface area contributed by atoms with Crippen molar-refractivity contribution < 1.29 is 27.6 Å². The van der Waals surface area contributed by atoms with Crippen LogP contribution < -0.4 is 10.2 Å². The summed E-state index contributed by atoms with van der Waals surface area (Å²) < 4.78 is 38.3. The highest BCUT2D eigenvalue weighted by molar-refractivity contribution is 6.35. The summed E-state index contributed by atoms with van der Waals surface area (Å²) in [7, 11) is 0. The van der Waals surface area contributed by atoms with Crippen LogP contribution in [0.25, 0.3) is 0 Å². The third kappa shape index (κ3) is 4.79. The first-order valence-electron chi connectivity index (χ1n) is 10.8. The Bertz CT molecular complexity index is 1050. The van der Waals surface area contributed by atoms with Gasteiger partial charge in [-0.05, 0) is 43.5 Å². The average molecular weight is 462 g/mol. The topological polar surface area (TPSA) is 82.6 Å². The van der Waals surface area contributed by atoms with Gasteiger partial charge in [-0.3, -0.25) is 14.4 Å². The fourth-order valence-corrected chi connectivity index (χ4v) is 4.58. The van der Waals surface area contributed by atoms with Crippen LogP contribution in [0.4, 0.5) is 19.0 Å². The van der Waals surface area contributed by atoms with Gasteiger partial charge < -0.3 is 15.1 Å². The van der Waals surface area contributed by atoms with Gasteiger partial charge in [0.1, 0.15) is 11.6 Å². The summed E-state index contributed by atoms with van der Waals surface area (Å²) in [6, 6.07) is 1.96. The fraction of sp³-hybridized carbons (Fsp3) is 0.478. The largest absolute Gasteiger partial charge is 0.417 e. The quantitative estimate of drug-likeness (QED) is 0.684. The minimum Gasteiger partial charge on any atom is -0.353 e. The Morgan fingerprint density at radius 2 is 1.91 bits per heavy atom. The van der Waals surface area contributed by atoms with Gasteiger partial charge in [-0.25, -0.2) is 4.98 Å². The third-order valence-corrected chi connectivity index (χ3v) is 6.33. The van der Waals surface area contributed by atoms with Gasteiger partial charge in [-0.1, -0.05) is 12.2 Å². The van der Waals surface area contributed by atoms with Crippen LogP contribution in [0.2, 0.25) is 0 Å². The number of carbonyl (C=O) groups excluding carboxylic acids is 3. The standard InChI is InChI=1S/C23H25F3N4O3/c1-14-13-29(19-4-3-17(12-27-19)23(24,25)26)7-8-30(14)21(33)20(32)28-22(2)6-5-15-9-18(31)10-16(15)11-22/h3-5,11-12,14H,6-10,13H2,1-2H3,(H,28,32)/t14-,22-/m1/s1. The molecule has 1 saturated heterocycles. The molecule has 3 aliphatic rings. The van der Waals surface area contributed by atoms with Crippen molar-refractivity contribution in [3.63, 3.8) is 0 Å². The van der Waals surface area contributed by atoms with Gasteiger partial charge in [0.25, 0.3) is 0 Å². The molecule has 0 unspecified atom stereocenters. The van der Waals surface area contributed by atoms with Gasteiger partial charge >= 0.3 is 18.0 Å². The Morgan fingerprint density at radius 1 is 1.18 bits per heavy atom. The van der Waals surface area contributed by atoms with E-state index in [1.165, 1.54) is 11.0 Å². The van der Waals surface area contributed by atoms with Crippen LogP contribution in [-0.2, 0) is 20.6 Å². The normalized spacial score (nSPS) is 25.4. The van der Waals surface area contributed by atoms with Crippen molar-refractivity contribution in [2.75, 3.05) is 24.5 Å². The van der Waals surface area contributed by atoms with E-state index in [2.05, 4.69) is 10.3 Å². The van der Waals surface area contributed by atoms with Gasteiger partial charge in [0.2, 0.25) is 0 Å². The van der Waals surface area contributed by atoms with Crippen LogP contribution >= 0.6 is 0 Å². The van der Waals surface area contributed by atoms with Gasteiger partial charge in [0, 0.05) is 44.7 Å². The molecule has 7 nitrogen and oxygen atoms in total. The summed E-state index contributed by atoms with van der Waals surface area (Å²) >= 11 is 0. The molecule has 1 aromatic rings. The second kappa shape index (κ2) is 8.31. The molecule has 2 atom stereocenters. The molecule has 176 valence electrons. The lowest BCUT2D eigenvalue weighted by atomic mass is 9.86. The monoisotopic (exact) mass is 462 g/mol. The van der Waals surface area contributed by atoms with E-state index < -0.39 is 29.1 Å². The zero-order chi connectivity index (χ0) is 24.0. The summed E-state index contributed by atoms with van der Waals surface area (Å²) in [6.45, 7) is 4.53. The SMILES string of the molecule is C[C@@H]1CN(c2ccc(C(F)(F)F)cn2)CCN1C(=O)C(=O)N[C@@]1(C)C=C2CC(=O)CC2=CC1. The number of fused-ring (bicyclic) bond motifs is 1. The molecule has 1 aliphatic heterocycles. The third-order valence-electron chi connectivity index (χ3n) is 6.33. The molecule has 10 heteroatoms. The molecule has 1 aromatic heterocycles. The minimum absolute atomic E-state index is 0.147. The summed E-state index contributed by atoms with van der Waals surface area (Å²) in [5, 5.41) is 2.81.